The zero-order chi connectivity index (χ0) is 17.4. The molecule has 0 saturated carbocycles. The molecule has 0 amide bonds. The van der Waals surface area contributed by atoms with Crippen molar-refractivity contribution in [3.8, 4) is 5.75 Å². The van der Waals surface area contributed by atoms with Gasteiger partial charge in [-0.05, 0) is 50.1 Å². The predicted octanol–water partition coefficient (Wildman–Crippen LogP) is 2.28. The minimum atomic E-state index is -4.71. The second kappa shape index (κ2) is 5.95. The van der Waals surface area contributed by atoms with Crippen molar-refractivity contribution in [3.05, 3.63) is 53.1 Å². The summed E-state index contributed by atoms with van der Waals surface area (Å²) in [7, 11) is -8.85. The minimum Gasteiger partial charge on any atom is -0.744 e. The third-order valence-electron chi connectivity index (χ3n) is 3.23. The summed E-state index contributed by atoms with van der Waals surface area (Å²) in [5.74, 6) is -0.231. The lowest BCUT2D eigenvalue weighted by Crippen LogP contribution is -2.12. The third-order valence-corrected chi connectivity index (χ3v) is 5.62. The molecule has 0 bridgehead atoms. The largest absolute Gasteiger partial charge is 0.744 e. The molecule has 0 spiro atoms. The van der Waals surface area contributed by atoms with Gasteiger partial charge in [0, 0.05) is 0 Å². The van der Waals surface area contributed by atoms with Crippen molar-refractivity contribution >= 4 is 20.2 Å². The van der Waals surface area contributed by atoms with Crippen LogP contribution in [0.1, 0.15) is 16.7 Å². The molecular formula is C15H15O6S2-. The summed E-state index contributed by atoms with van der Waals surface area (Å²) in [5.41, 5.74) is 1.63. The summed E-state index contributed by atoms with van der Waals surface area (Å²) in [6.07, 6.45) is 0. The first-order valence-electron chi connectivity index (χ1n) is 6.59. The number of rotatable bonds is 4. The van der Waals surface area contributed by atoms with Gasteiger partial charge in [-0.25, -0.2) is 8.42 Å². The van der Waals surface area contributed by atoms with E-state index in [1.807, 2.05) is 6.92 Å². The highest BCUT2D eigenvalue weighted by Gasteiger charge is 2.20. The van der Waals surface area contributed by atoms with E-state index in [-0.39, 0.29) is 16.2 Å². The summed E-state index contributed by atoms with van der Waals surface area (Å²) in [6.45, 7) is 4.90. The summed E-state index contributed by atoms with van der Waals surface area (Å²) in [4.78, 5) is -0.527. The molecule has 0 aliphatic heterocycles. The molecular weight excluding hydrogens is 340 g/mol. The van der Waals surface area contributed by atoms with Gasteiger partial charge in [-0.2, -0.15) is 8.42 Å². The number of hydrogen-bond donors (Lipinski definition) is 0. The van der Waals surface area contributed by atoms with E-state index >= 15 is 0 Å². The molecule has 0 fully saturated rings. The highest BCUT2D eigenvalue weighted by molar-refractivity contribution is 7.87. The van der Waals surface area contributed by atoms with Crippen LogP contribution in [-0.2, 0) is 20.2 Å². The molecule has 2 aromatic carbocycles. The third kappa shape index (κ3) is 3.90. The molecule has 6 nitrogen and oxygen atoms in total. The van der Waals surface area contributed by atoms with Gasteiger partial charge in [-0.1, -0.05) is 23.8 Å². The van der Waals surface area contributed by atoms with Gasteiger partial charge in [0.15, 0.2) is 0 Å². The first kappa shape index (κ1) is 17.5. The fourth-order valence-electron chi connectivity index (χ4n) is 2.15. The van der Waals surface area contributed by atoms with Crippen LogP contribution in [0.2, 0.25) is 0 Å². The fraction of sp³-hybridized carbons (Fsp3) is 0.200. The van der Waals surface area contributed by atoms with E-state index in [9.17, 15) is 21.4 Å². The smallest absolute Gasteiger partial charge is 0.339 e. The van der Waals surface area contributed by atoms with Crippen molar-refractivity contribution in [2.45, 2.75) is 30.6 Å². The quantitative estimate of drug-likeness (QED) is 0.616. The Balaban J connectivity index is 2.46. The van der Waals surface area contributed by atoms with Crippen LogP contribution in [0.5, 0.6) is 5.75 Å². The molecule has 0 saturated heterocycles. The molecule has 0 aliphatic carbocycles. The lowest BCUT2D eigenvalue weighted by molar-refractivity contribution is 0.459. The van der Waals surface area contributed by atoms with Crippen molar-refractivity contribution in [3.63, 3.8) is 0 Å². The van der Waals surface area contributed by atoms with Crippen molar-refractivity contribution in [1.29, 1.82) is 0 Å². The van der Waals surface area contributed by atoms with Gasteiger partial charge in [-0.15, -0.1) is 0 Å². The first-order chi connectivity index (χ1) is 10.5. The molecule has 2 aromatic rings. The number of hydrogen-bond acceptors (Lipinski definition) is 6. The SMILES string of the molecule is Cc1ccc(S(=O)(=O)Oc2ccc(C)c(S(=O)(=O)[O-])c2)c(C)c1. The van der Waals surface area contributed by atoms with Crippen LogP contribution in [0, 0.1) is 20.8 Å². The van der Waals surface area contributed by atoms with E-state index in [0.29, 0.717) is 5.56 Å². The van der Waals surface area contributed by atoms with Gasteiger partial charge in [0.25, 0.3) is 0 Å². The molecule has 0 aromatic heterocycles. The zero-order valence-electron chi connectivity index (χ0n) is 12.7. The second-order valence-corrected chi connectivity index (χ2v) is 8.05. The van der Waals surface area contributed by atoms with Gasteiger partial charge in [-0.3, -0.25) is 0 Å². The molecule has 124 valence electrons. The Bertz CT molecular complexity index is 959. The lowest BCUT2D eigenvalue weighted by Gasteiger charge is -2.14. The Labute approximate surface area is 135 Å². The molecule has 0 aliphatic rings. The predicted molar refractivity (Wildman–Crippen MR) is 82.9 cm³/mol. The monoisotopic (exact) mass is 355 g/mol. The molecule has 0 heterocycles. The van der Waals surface area contributed by atoms with Crippen molar-refractivity contribution in [1.82, 2.24) is 0 Å². The molecule has 0 atom stereocenters. The molecule has 2 rings (SSSR count). The van der Waals surface area contributed by atoms with E-state index in [1.165, 1.54) is 25.1 Å². The molecule has 0 radical (unpaired) electrons. The minimum absolute atomic E-state index is 0.0183. The van der Waals surface area contributed by atoms with Gasteiger partial charge in [0.2, 0.25) is 0 Å². The van der Waals surface area contributed by atoms with Crippen LogP contribution in [0.15, 0.2) is 46.2 Å². The van der Waals surface area contributed by atoms with Crippen LogP contribution in [-0.4, -0.2) is 21.4 Å². The highest BCUT2D eigenvalue weighted by Crippen LogP contribution is 2.26. The van der Waals surface area contributed by atoms with E-state index in [1.54, 1.807) is 19.1 Å². The lowest BCUT2D eigenvalue weighted by atomic mass is 10.2. The summed E-state index contributed by atoms with van der Waals surface area (Å²) >= 11 is 0. The Kier molecular flexibility index (Phi) is 4.52. The Morgan fingerprint density at radius 2 is 1.48 bits per heavy atom. The summed E-state index contributed by atoms with van der Waals surface area (Å²) in [6, 6.07) is 8.27. The standard InChI is InChI=1S/C15H16O6S2/c1-10-4-7-14(12(3)8-10)23(19,20)21-13-6-5-11(2)15(9-13)22(16,17)18/h4-9H,1-3H3,(H,16,17,18)/p-1. The highest BCUT2D eigenvalue weighted by atomic mass is 32.2. The average Bonchev–Trinajstić information content (AvgIpc) is 2.39. The van der Waals surface area contributed by atoms with E-state index in [2.05, 4.69) is 0 Å². The molecule has 0 N–H and O–H groups in total. The van der Waals surface area contributed by atoms with Crippen molar-refractivity contribution in [2.75, 3.05) is 0 Å². The zero-order valence-corrected chi connectivity index (χ0v) is 14.4. The Morgan fingerprint density at radius 3 is 2.04 bits per heavy atom. The molecule has 8 heteroatoms. The normalized spacial score (nSPS) is 12.2. The maximum atomic E-state index is 12.3. The van der Waals surface area contributed by atoms with Crippen LogP contribution < -0.4 is 4.18 Å². The van der Waals surface area contributed by atoms with Gasteiger partial charge in [0.1, 0.15) is 20.8 Å². The van der Waals surface area contributed by atoms with E-state index in [4.69, 9.17) is 4.18 Å². The van der Waals surface area contributed by atoms with Crippen molar-refractivity contribution < 1.29 is 25.6 Å². The first-order valence-corrected chi connectivity index (χ1v) is 9.40. The maximum absolute atomic E-state index is 12.3. The van der Waals surface area contributed by atoms with Crippen LogP contribution >= 0.6 is 0 Å². The molecule has 0 unspecified atom stereocenters. The van der Waals surface area contributed by atoms with Crippen molar-refractivity contribution in [2.24, 2.45) is 0 Å². The average molecular weight is 355 g/mol. The van der Waals surface area contributed by atoms with Crippen LogP contribution in [0.3, 0.4) is 0 Å². The Hall–Kier alpha value is -1.90. The van der Waals surface area contributed by atoms with Gasteiger partial charge in [0.05, 0.1) is 4.90 Å². The van der Waals surface area contributed by atoms with E-state index in [0.717, 1.165) is 11.6 Å². The number of benzene rings is 2. The molecule has 23 heavy (non-hydrogen) atoms. The maximum Gasteiger partial charge on any atom is 0.339 e. The topological polar surface area (TPSA) is 101 Å². The summed E-state index contributed by atoms with van der Waals surface area (Å²) in [5, 5.41) is 0. The fourth-order valence-corrected chi connectivity index (χ4v) is 4.01. The van der Waals surface area contributed by atoms with E-state index < -0.39 is 25.1 Å². The Morgan fingerprint density at radius 1 is 0.826 bits per heavy atom. The van der Waals surface area contributed by atoms with Crippen LogP contribution in [0.25, 0.3) is 0 Å². The van der Waals surface area contributed by atoms with Crippen LogP contribution in [0.4, 0.5) is 0 Å². The van der Waals surface area contributed by atoms with Gasteiger partial charge >= 0.3 is 10.1 Å². The van der Waals surface area contributed by atoms with Gasteiger partial charge < -0.3 is 8.74 Å². The summed E-state index contributed by atoms with van der Waals surface area (Å²) < 4.78 is 63.1. The number of aryl methyl sites for hydroxylation is 3. The second-order valence-electron chi connectivity index (χ2n) is 5.19.